The van der Waals surface area contributed by atoms with Crippen molar-refractivity contribution >= 4 is 17.6 Å². The molecule has 2 heterocycles. The number of aliphatic imine (C=N–C) groups is 1. The summed E-state index contributed by atoms with van der Waals surface area (Å²) in [4.78, 5) is 9.55. The molecule has 27 heavy (non-hydrogen) atoms. The molecule has 1 fully saturated rings. The molecule has 0 amide bonds. The van der Waals surface area contributed by atoms with Gasteiger partial charge >= 0.3 is 0 Å². The number of hydrogen-bond donors (Lipinski definition) is 1. The molecule has 0 saturated carbocycles. The lowest BCUT2D eigenvalue weighted by Crippen LogP contribution is -2.52. The van der Waals surface area contributed by atoms with Gasteiger partial charge in [-0.2, -0.15) is 0 Å². The summed E-state index contributed by atoms with van der Waals surface area (Å²) in [6, 6.07) is 8.10. The van der Waals surface area contributed by atoms with Crippen molar-refractivity contribution in [2.75, 3.05) is 32.7 Å². The number of piperazine rings is 1. The van der Waals surface area contributed by atoms with Gasteiger partial charge < -0.3 is 14.8 Å². The van der Waals surface area contributed by atoms with Crippen LogP contribution in [-0.4, -0.2) is 63.2 Å². The molecule has 0 spiro atoms. The molecule has 0 radical (unpaired) electrons. The number of hydrogen-bond acceptors (Lipinski definition) is 4. The third-order valence-corrected chi connectivity index (χ3v) is 5.09. The molecule has 7 nitrogen and oxygen atoms in total. The zero-order valence-corrected chi connectivity index (χ0v) is 17.1. The van der Waals surface area contributed by atoms with E-state index < -0.39 is 0 Å². The minimum absolute atomic E-state index is 0.530. The molecule has 0 atom stereocenters. The second-order valence-electron chi connectivity index (χ2n) is 6.79. The smallest absolute Gasteiger partial charge is 0.194 e. The van der Waals surface area contributed by atoms with E-state index in [2.05, 4.69) is 38.3 Å². The zero-order chi connectivity index (χ0) is 19.2. The number of halogens is 1. The molecule has 1 N–H and O–H groups in total. The number of nitrogens with one attached hydrogen (secondary N) is 1. The van der Waals surface area contributed by atoms with Gasteiger partial charge in [0, 0.05) is 51.3 Å². The highest BCUT2D eigenvalue weighted by Crippen LogP contribution is 2.14. The van der Waals surface area contributed by atoms with Gasteiger partial charge in [0.25, 0.3) is 0 Å². The van der Waals surface area contributed by atoms with E-state index in [9.17, 15) is 0 Å². The monoisotopic (exact) mass is 389 g/mol. The van der Waals surface area contributed by atoms with E-state index in [0.29, 0.717) is 6.54 Å². The predicted octanol–water partition coefficient (Wildman–Crippen LogP) is 2.06. The molecular weight excluding hydrogens is 362 g/mol. The number of nitrogens with zero attached hydrogens (tertiary/aromatic N) is 6. The summed E-state index contributed by atoms with van der Waals surface area (Å²) in [5.41, 5.74) is 1.26. The molecular formula is C19H28ClN7. The Morgan fingerprint density at radius 3 is 2.63 bits per heavy atom. The Balaban J connectivity index is 1.58. The van der Waals surface area contributed by atoms with Crippen LogP contribution in [0.5, 0.6) is 0 Å². The third kappa shape index (κ3) is 5.20. The Bertz CT molecular complexity index is 778. The largest absolute Gasteiger partial charge is 0.357 e. The highest BCUT2D eigenvalue weighted by molar-refractivity contribution is 6.30. The van der Waals surface area contributed by atoms with Crippen molar-refractivity contribution in [1.82, 2.24) is 29.9 Å². The Labute approximate surface area is 166 Å². The van der Waals surface area contributed by atoms with Crippen LogP contribution in [-0.2, 0) is 20.1 Å². The molecule has 0 aliphatic carbocycles. The van der Waals surface area contributed by atoms with Crippen LogP contribution in [0.25, 0.3) is 0 Å². The van der Waals surface area contributed by atoms with Gasteiger partial charge in [0.05, 0.1) is 0 Å². The summed E-state index contributed by atoms with van der Waals surface area (Å²) in [5.74, 6) is 2.72. The van der Waals surface area contributed by atoms with Crippen molar-refractivity contribution in [1.29, 1.82) is 0 Å². The number of guanidine groups is 1. The average Bonchev–Trinajstić information content (AvgIpc) is 2.98. The summed E-state index contributed by atoms with van der Waals surface area (Å²) in [7, 11) is 1.97. The number of aromatic nitrogens is 3. The van der Waals surface area contributed by atoms with E-state index in [4.69, 9.17) is 16.6 Å². The molecule has 8 heteroatoms. The second-order valence-corrected chi connectivity index (χ2v) is 7.22. The molecule has 2 aromatic rings. The fourth-order valence-electron chi connectivity index (χ4n) is 3.17. The normalized spacial score (nSPS) is 16.0. The molecule has 146 valence electrons. The lowest BCUT2D eigenvalue weighted by atomic mass is 10.2. The van der Waals surface area contributed by atoms with Crippen LogP contribution in [0, 0.1) is 6.92 Å². The van der Waals surface area contributed by atoms with Crippen molar-refractivity contribution in [2.24, 2.45) is 12.0 Å². The summed E-state index contributed by atoms with van der Waals surface area (Å²) in [6.07, 6.45) is 0. The lowest BCUT2D eigenvalue weighted by molar-refractivity contribution is 0.172. The van der Waals surface area contributed by atoms with Gasteiger partial charge in [0.2, 0.25) is 0 Å². The highest BCUT2D eigenvalue weighted by atomic mass is 35.5. The molecule has 1 aromatic heterocycles. The maximum atomic E-state index is 6.10. The van der Waals surface area contributed by atoms with Crippen LogP contribution in [0.4, 0.5) is 0 Å². The van der Waals surface area contributed by atoms with Gasteiger partial charge in [-0.15, -0.1) is 10.2 Å². The summed E-state index contributed by atoms with van der Waals surface area (Å²) in [5, 5.41) is 12.5. The van der Waals surface area contributed by atoms with Crippen LogP contribution in [0.15, 0.2) is 29.3 Å². The van der Waals surface area contributed by atoms with Crippen molar-refractivity contribution in [3.63, 3.8) is 0 Å². The van der Waals surface area contributed by atoms with Crippen molar-refractivity contribution in [2.45, 2.75) is 26.9 Å². The fraction of sp³-hybridized carbons (Fsp3) is 0.526. The molecule has 1 aromatic carbocycles. The number of rotatable bonds is 5. The number of benzene rings is 1. The van der Waals surface area contributed by atoms with Gasteiger partial charge in [-0.1, -0.05) is 23.7 Å². The first-order chi connectivity index (χ1) is 13.1. The van der Waals surface area contributed by atoms with Gasteiger partial charge in [0.15, 0.2) is 11.8 Å². The van der Waals surface area contributed by atoms with Crippen molar-refractivity contribution < 1.29 is 0 Å². The first-order valence-corrected chi connectivity index (χ1v) is 9.79. The van der Waals surface area contributed by atoms with Gasteiger partial charge in [-0.25, -0.2) is 4.99 Å². The summed E-state index contributed by atoms with van der Waals surface area (Å²) >= 11 is 6.10. The Morgan fingerprint density at radius 1 is 1.22 bits per heavy atom. The van der Waals surface area contributed by atoms with Crippen molar-refractivity contribution in [3.8, 4) is 0 Å². The van der Waals surface area contributed by atoms with Crippen LogP contribution >= 0.6 is 11.6 Å². The Hall–Kier alpha value is -2.12. The van der Waals surface area contributed by atoms with E-state index in [1.165, 1.54) is 5.56 Å². The fourth-order valence-corrected chi connectivity index (χ4v) is 3.38. The SMILES string of the molecule is CCNC(=NCc1nnc(C)n1C)N1CCN(Cc2cccc(Cl)c2)CC1. The molecule has 3 rings (SSSR count). The molecule has 1 aliphatic rings. The van der Waals surface area contributed by atoms with Gasteiger partial charge in [-0.3, -0.25) is 4.90 Å². The second kappa shape index (κ2) is 9.19. The first kappa shape index (κ1) is 19.6. The average molecular weight is 390 g/mol. The maximum absolute atomic E-state index is 6.10. The van der Waals surface area contributed by atoms with Crippen LogP contribution in [0.3, 0.4) is 0 Å². The van der Waals surface area contributed by atoms with E-state index in [1.54, 1.807) is 0 Å². The Kier molecular flexibility index (Phi) is 6.68. The zero-order valence-electron chi connectivity index (χ0n) is 16.3. The maximum Gasteiger partial charge on any atom is 0.194 e. The molecule has 0 bridgehead atoms. The van der Waals surface area contributed by atoms with Crippen LogP contribution in [0.1, 0.15) is 24.1 Å². The molecule has 0 unspecified atom stereocenters. The predicted molar refractivity (Wildman–Crippen MR) is 109 cm³/mol. The van der Waals surface area contributed by atoms with Crippen LogP contribution < -0.4 is 5.32 Å². The van der Waals surface area contributed by atoms with E-state index in [-0.39, 0.29) is 0 Å². The molecule has 1 aliphatic heterocycles. The van der Waals surface area contributed by atoms with E-state index >= 15 is 0 Å². The topological polar surface area (TPSA) is 61.6 Å². The first-order valence-electron chi connectivity index (χ1n) is 9.41. The minimum atomic E-state index is 0.530. The van der Waals surface area contributed by atoms with Gasteiger partial charge in [0.1, 0.15) is 12.4 Å². The standard InChI is InChI=1S/C19H28ClN7/c1-4-21-19(22-13-18-24-23-15(2)25(18)3)27-10-8-26(9-11-27)14-16-6-5-7-17(20)12-16/h5-7,12H,4,8-11,13-14H2,1-3H3,(H,21,22). The van der Waals surface area contributed by atoms with E-state index in [1.807, 2.05) is 36.7 Å². The highest BCUT2D eigenvalue weighted by Gasteiger charge is 2.20. The minimum Gasteiger partial charge on any atom is -0.357 e. The Morgan fingerprint density at radius 2 is 2.00 bits per heavy atom. The van der Waals surface area contributed by atoms with Gasteiger partial charge in [-0.05, 0) is 31.5 Å². The van der Waals surface area contributed by atoms with Crippen molar-refractivity contribution in [3.05, 3.63) is 46.5 Å². The molecule has 1 saturated heterocycles. The summed E-state index contributed by atoms with van der Waals surface area (Å²) in [6.45, 7) is 10.2. The lowest BCUT2D eigenvalue weighted by Gasteiger charge is -2.36. The summed E-state index contributed by atoms with van der Waals surface area (Å²) < 4.78 is 1.98. The van der Waals surface area contributed by atoms with Crippen LogP contribution in [0.2, 0.25) is 5.02 Å². The third-order valence-electron chi connectivity index (χ3n) is 4.85. The van der Waals surface area contributed by atoms with E-state index in [0.717, 1.165) is 61.9 Å². The quantitative estimate of drug-likeness (QED) is 0.626. The number of aryl methyl sites for hydroxylation is 1.